The molecule has 0 aliphatic heterocycles. The monoisotopic (exact) mass is 306 g/mol. The standard InChI is InChI=1S/C15H9F3N2O2/c16-15(17,18)9-1-2-10-11(7-20-13(10)6-9)12-5-8(14(21)22)3-4-19-12/h1-7,20H,(H,21,22). The van der Waals surface area contributed by atoms with E-state index in [0.29, 0.717) is 22.2 Å². The quantitative estimate of drug-likeness (QED) is 0.753. The summed E-state index contributed by atoms with van der Waals surface area (Å²) in [6.45, 7) is 0. The number of alkyl halides is 3. The van der Waals surface area contributed by atoms with Crippen molar-refractivity contribution in [3.63, 3.8) is 0 Å². The number of rotatable bonds is 2. The third kappa shape index (κ3) is 2.41. The summed E-state index contributed by atoms with van der Waals surface area (Å²) in [4.78, 5) is 17.8. The lowest BCUT2D eigenvalue weighted by molar-refractivity contribution is -0.137. The minimum atomic E-state index is -4.42. The molecule has 22 heavy (non-hydrogen) atoms. The van der Waals surface area contributed by atoms with Gasteiger partial charge in [-0.15, -0.1) is 0 Å². The minimum Gasteiger partial charge on any atom is -0.478 e. The van der Waals surface area contributed by atoms with E-state index in [-0.39, 0.29) is 5.56 Å². The molecule has 0 unspecified atom stereocenters. The van der Waals surface area contributed by atoms with E-state index in [4.69, 9.17) is 5.11 Å². The van der Waals surface area contributed by atoms with Crippen LogP contribution >= 0.6 is 0 Å². The van der Waals surface area contributed by atoms with Gasteiger partial charge >= 0.3 is 12.1 Å². The molecule has 0 radical (unpaired) electrons. The first-order chi connectivity index (χ1) is 10.4. The van der Waals surface area contributed by atoms with Gasteiger partial charge in [-0.05, 0) is 24.3 Å². The number of carboxylic acid groups (broad SMARTS) is 1. The molecule has 0 saturated heterocycles. The smallest absolute Gasteiger partial charge is 0.416 e. The van der Waals surface area contributed by atoms with E-state index < -0.39 is 17.7 Å². The molecule has 112 valence electrons. The first kappa shape index (κ1) is 14.1. The summed E-state index contributed by atoms with van der Waals surface area (Å²) in [5, 5.41) is 9.53. The van der Waals surface area contributed by atoms with Crippen LogP contribution < -0.4 is 0 Å². The van der Waals surface area contributed by atoms with Crippen molar-refractivity contribution in [3.05, 3.63) is 53.9 Å². The van der Waals surface area contributed by atoms with Crippen LogP contribution in [0.3, 0.4) is 0 Å². The van der Waals surface area contributed by atoms with Gasteiger partial charge in [0.05, 0.1) is 16.8 Å². The summed E-state index contributed by atoms with van der Waals surface area (Å²) >= 11 is 0. The molecule has 7 heteroatoms. The Morgan fingerprint density at radius 1 is 1.18 bits per heavy atom. The van der Waals surface area contributed by atoms with Crippen molar-refractivity contribution in [3.8, 4) is 11.3 Å². The second-order valence-corrected chi connectivity index (χ2v) is 4.70. The molecule has 2 heterocycles. The number of aromatic carboxylic acids is 1. The van der Waals surface area contributed by atoms with E-state index in [1.807, 2.05) is 0 Å². The third-order valence-electron chi connectivity index (χ3n) is 3.29. The average Bonchev–Trinajstić information content (AvgIpc) is 2.89. The van der Waals surface area contributed by atoms with Crippen LogP contribution in [0, 0.1) is 0 Å². The highest BCUT2D eigenvalue weighted by Crippen LogP contribution is 2.34. The number of hydrogen-bond acceptors (Lipinski definition) is 2. The number of nitrogens with zero attached hydrogens (tertiary/aromatic N) is 1. The molecule has 1 aromatic carbocycles. The van der Waals surface area contributed by atoms with E-state index in [1.54, 1.807) is 0 Å². The van der Waals surface area contributed by atoms with Crippen molar-refractivity contribution in [1.82, 2.24) is 9.97 Å². The number of aromatic amines is 1. The zero-order valence-corrected chi connectivity index (χ0v) is 11.0. The largest absolute Gasteiger partial charge is 0.478 e. The lowest BCUT2D eigenvalue weighted by atomic mass is 10.1. The summed E-state index contributed by atoms with van der Waals surface area (Å²) in [5.41, 5.74) is 0.553. The number of pyridine rings is 1. The van der Waals surface area contributed by atoms with Crippen LogP contribution in [-0.2, 0) is 6.18 Å². The van der Waals surface area contributed by atoms with E-state index in [1.165, 1.54) is 30.6 Å². The highest BCUT2D eigenvalue weighted by Gasteiger charge is 2.30. The van der Waals surface area contributed by atoms with Crippen molar-refractivity contribution in [2.45, 2.75) is 6.18 Å². The molecule has 0 amide bonds. The average molecular weight is 306 g/mol. The van der Waals surface area contributed by atoms with Gasteiger partial charge in [0.2, 0.25) is 0 Å². The molecule has 2 N–H and O–H groups in total. The van der Waals surface area contributed by atoms with Gasteiger partial charge in [-0.25, -0.2) is 4.79 Å². The van der Waals surface area contributed by atoms with Crippen LogP contribution in [0.5, 0.6) is 0 Å². The molecule has 0 bridgehead atoms. The fourth-order valence-electron chi connectivity index (χ4n) is 2.23. The normalized spacial score (nSPS) is 11.8. The van der Waals surface area contributed by atoms with E-state index in [2.05, 4.69) is 9.97 Å². The van der Waals surface area contributed by atoms with Crippen molar-refractivity contribution >= 4 is 16.9 Å². The van der Waals surface area contributed by atoms with Gasteiger partial charge in [0.1, 0.15) is 0 Å². The predicted molar refractivity (Wildman–Crippen MR) is 73.5 cm³/mol. The van der Waals surface area contributed by atoms with Crippen LogP contribution in [0.15, 0.2) is 42.7 Å². The summed E-state index contributed by atoms with van der Waals surface area (Å²) in [5.74, 6) is -1.09. The van der Waals surface area contributed by atoms with E-state index >= 15 is 0 Å². The van der Waals surface area contributed by atoms with E-state index in [0.717, 1.165) is 12.1 Å². The Kier molecular flexibility index (Phi) is 3.13. The molecule has 0 aliphatic rings. The Morgan fingerprint density at radius 2 is 1.95 bits per heavy atom. The Labute approximate surface area is 122 Å². The number of nitrogens with one attached hydrogen (secondary N) is 1. The van der Waals surface area contributed by atoms with Crippen molar-refractivity contribution in [2.75, 3.05) is 0 Å². The third-order valence-corrected chi connectivity index (χ3v) is 3.29. The molecule has 0 spiro atoms. The Morgan fingerprint density at radius 3 is 2.64 bits per heavy atom. The molecular formula is C15H9F3N2O2. The lowest BCUT2D eigenvalue weighted by Crippen LogP contribution is -2.04. The summed E-state index contributed by atoms with van der Waals surface area (Å²) < 4.78 is 38.1. The van der Waals surface area contributed by atoms with Crippen LogP contribution in [-0.4, -0.2) is 21.0 Å². The number of benzene rings is 1. The van der Waals surface area contributed by atoms with Crippen molar-refractivity contribution in [1.29, 1.82) is 0 Å². The molecule has 4 nitrogen and oxygen atoms in total. The van der Waals surface area contributed by atoms with Gasteiger partial charge in [-0.1, -0.05) is 6.07 Å². The summed E-state index contributed by atoms with van der Waals surface area (Å²) in [6, 6.07) is 6.07. The SMILES string of the molecule is O=C(O)c1ccnc(-c2c[nH]c3cc(C(F)(F)F)ccc23)c1. The maximum atomic E-state index is 12.7. The number of halogens is 3. The molecule has 2 aromatic heterocycles. The molecule has 0 atom stereocenters. The molecular weight excluding hydrogens is 297 g/mol. The van der Waals surface area contributed by atoms with Crippen molar-refractivity contribution in [2.24, 2.45) is 0 Å². The molecule has 3 rings (SSSR count). The second-order valence-electron chi connectivity index (χ2n) is 4.70. The number of H-pyrrole nitrogens is 1. The van der Waals surface area contributed by atoms with Gasteiger partial charge in [0, 0.05) is 28.9 Å². The zero-order chi connectivity index (χ0) is 15.9. The van der Waals surface area contributed by atoms with Gasteiger partial charge in [0.25, 0.3) is 0 Å². The minimum absolute atomic E-state index is 0.0614. The Hall–Kier alpha value is -2.83. The predicted octanol–water partition coefficient (Wildman–Crippen LogP) is 3.95. The number of carboxylic acids is 1. The lowest BCUT2D eigenvalue weighted by Gasteiger charge is -2.06. The molecule has 0 saturated carbocycles. The number of aromatic nitrogens is 2. The van der Waals surface area contributed by atoms with E-state index in [9.17, 15) is 18.0 Å². The van der Waals surface area contributed by atoms with Gasteiger partial charge in [-0.3, -0.25) is 4.98 Å². The second kappa shape index (κ2) is 4.87. The maximum absolute atomic E-state index is 12.7. The fraction of sp³-hybridized carbons (Fsp3) is 0.0667. The molecule has 0 aliphatic carbocycles. The van der Waals surface area contributed by atoms with Crippen LogP contribution in [0.4, 0.5) is 13.2 Å². The summed E-state index contributed by atoms with van der Waals surface area (Å²) in [6.07, 6.45) is -1.55. The number of fused-ring (bicyclic) bond motifs is 1. The Balaban J connectivity index is 2.13. The number of carbonyl (C=O) groups is 1. The molecule has 3 aromatic rings. The first-order valence-corrected chi connectivity index (χ1v) is 6.24. The highest BCUT2D eigenvalue weighted by molar-refractivity contribution is 5.96. The summed E-state index contributed by atoms with van der Waals surface area (Å²) in [7, 11) is 0. The van der Waals surface area contributed by atoms with Gasteiger partial charge in [-0.2, -0.15) is 13.2 Å². The van der Waals surface area contributed by atoms with Crippen LogP contribution in [0.2, 0.25) is 0 Å². The van der Waals surface area contributed by atoms with Gasteiger partial charge < -0.3 is 10.1 Å². The van der Waals surface area contributed by atoms with Crippen LogP contribution in [0.1, 0.15) is 15.9 Å². The Bertz CT molecular complexity index is 869. The van der Waals surface area contributed by atoms with Crippen molar-refractivity contribution < 1.29 is 23.1 Å². The zero-order valence-electron chi connectivity index (χ0n) is 11.0. The number of hydrogen-bond donors (Lipinski definition) is 2. The van der Waals surface area contributed by atoms with Crippen LogP contribution in [0.25, 0.3) is 22.2 Å². The molecule has 0 fully saturated rings. The first-order valence-electron chi connectivity index (χ1n) is 6.24. The highest BCUT2D eigenvalue weighted by atomic mass is 19.4. The maximum Gasteiger partial charge on any atom is 0.416 e. The topological polar surface area (TPSA) is 66.0 Å². The fourth-order valence-corrected chi connectivity index (χ4v) is 2.23. The van der Waals surface area contributed by atoms with Gasteiger partial charge in [0.15, 0.2) is 0 Å².